The number of ether oxygens (including phenoxy) is 2. The number of thiophene rings is 1. The number of rotatable bonds is 5. The smallest absolute Gasteiger partial charge is 0.163 e. The van der Waals surface area contributed by atoms with E-state index in [1.165, 1.54) is 11.3 Å². The maximum Gasteiger partial charge on any atom is 0.163 e. The van der Waals surface area contributed by atoms with Crippen molar-refractivity contribution in [3.05, 3.63) is 28.6 Å². The number of aromatic nitrogens is 2. The van der Waals surface area contributed by atoms with Crippen molar-refractivity contribution < 1.29 is 9.47 Å². The Morgan fingerprint density at radius 2 is 1.96 bits per heavy atom. The second-order valence-electron chi connectivity index (χ2n) is 5.34. The third-order valence-electron chi connectivity index (χ3n) is 3.88. The lowest BCUT2D eigenvalue weighted by molar-refractivity contribution is 0.355. The van der Waals surface area contributed by atoms with Gasteiger partial charge >= 0.3 is 0 Å². The molecule has 6 nitrogen and oxygen atoms in total. The van der Waals surface area contributed by atoms with E-state index in [9.17, 15) is 5.26 Å². The number of benzene rings is 1. The van der Waals surface area contributed by atoms with Crippen LogP contribution < -0.4 is 14.8 Å². The predicted molar refractivity (Wildman–Crippen MR) is 99.6 cm³/mol. The first-order valence-electron chi connectivity index (χ1n) is 7.80. The molecule has 2 aromatic heterocycles. The highest BCUT2D eigenvalue weighted by molar-refractivity contribution is 7.19. The fourth-order valence-corrected chi connectivity index (χ4v) is 3.62. The molecule has 7 heteroatoms. The third-order valence-corrected chi connectivity index (χ3v) is 4.97. The molecule has 0 fully saturated rings. The van der Waals surface area contributed by atoms with Crippen LogP contribution in [0.2, 0.25) is 0 Å². The number of hydrogen-bond donors (Lipinski definition) is 1. The van der Waals surface area contributed by atoms with Gasteiger partial charge in [-0.15, -0.1) is 11.3 Å². The Bertz CT molecular complexity index is 975. The topological polar surface area (TPSA) is 80.1 Å². The lowest BCUT2D eigenvalue weighted by Gasteiger charge is -2.11. The molecular weight excluding hydrogens is 336 g/mol. The van der Waals surface area contributed by atoms with Gasteiger partial charge in [-0.05, 0) is 37.6 Å². The molecule has 128 valence electrons. The number of anilines is 1. The Morgan fingerprint density at radius 1 is 1.20 bits per heavy atom. The number of hydrogen-bond acceptors (Lipinski definition) is 7. The Balaban J connectivity index is 2.22. The van der Waals surface area contributed by atoms with Crippen LogP contribution in [0.5, 0.6) is 11.5 Å². The first kappa shape index (κ1) is 17.0. The first-order chi connectivity index (χ1) is 12.1. The lowest BCUT2D eigenvalue weighted by Crippen LogP contribution is -2.02. The molecule has 3 rings (SSSR count). The fraction of sp³-hybridized carbons (Fsp3) is 0.278. The molecule has 0 unspecified atom stereocenters. The van der Waals surface area contributed by atoms with Crippen molar-refractivity contribution in [2.75, 3.05) is 26.1 Å². The van der Waals surface area contributed by atoms with Crippen LogP contribution in [-0.2, 0) is 0 Å². The molecule has 3 aromatic rings. The Hall–Kier alpha value is -2.85. The normalized spacial score (nSPS) is 10.5. The number of nitrogens with one attached hydrogen (secondary N) is 1. The molecule has 0 saturated heterocycles. The van der Waals surface area contributed by atoms with Gasteiger partial charge in [0.05, 0.1) is 19.6 Å². The van der Waals surface area contributed by atoms with Gasteiger partial charge in [0.25, 0.3) is 0 Å². The highest BCUT2D eigenvalue weighted by atomic mass is 32.1. The summed E-state index contributed by atoms with van der Waals surface area (Å²) in [6, 6.07) is 7.80. The molecule has 2 heterocycles. The molecule has 0 saturated carbocycles. The van der Waals surface area contributed by atoms with E-state index in [-0.39, 0.29) is 0 Å². The van der Waals surface area contributed by atoms with Gasteiger partial charge in [-0.3, -0.25) is 0 Å². The summed E-state index contributed by atoms with van der Waals surface area (Å²) in [5.41, 5.74) is 1.74. The van der Waals surface area contributed by atoms with Crippen LogP contribution in [0.4, 0.5) is 5.82 Å². The summed E-state index contributed by atoms with van der Waals surface area (Å²) in [6.07, 6.45) is 0. The van der Waals surface area contributed by atoms with Gasteiger partial charge in [-0.1, -0.05) is 0 Å². The van der Waals surface area contributed by atoms with Gasteiger partial charge in [0.15, 0.2) is 17.3 Å². The third kappa shape index (κ3) is 2.96. The van der Waals surface area contributed by atoms with E-state index in [1.54, 1.807) is 14.2 Å². The minimum atomic E-state index is 0.579. The van der Waals surface area contributed by atoms with Crippen LogP contribution in [0.25, 0.3) is 21.6 Å². The highest BCUT2D eigenvalue weighted by Crippen LogP contribution is 2.36. The summed E-state index contributed by atoms with van der Waals surface area (Å²) in [7, 11) is 3.19. The summed E-state index contributed by atoms with van der Waals surface area (Å²) in [5, 5.41) is 13.5. The van der Waals surface area contributed by atoms with E-state index in [0.29, 0.717) is 22.2 Å². The fourth-order valence-electron chi connectivity index (χ4n) is 2.65. The average molecular weight is 354 g/mol. The van der Waals surface area contributed by atoms with Crippen LogP contribution >= 0.6 is 11.3 Å². The monoisotopic (exact) mass is 354 g/mol. The zero-order valence-corrected chi connectivity index (χ0v) is 15.3. The number of fused-ring (bicyclic) bond motifs is 1. The lowest BCUT2D eigenvalue weighted by atomic mass is 10.1. The SMILES string of the molecule is CCNc1nc(-c2ccc(OC)c(OC)c2)nc2sc(C#N)c(C)c12. The molecular formula is C18H18N4O2S. The second-order valence-corrected chi connectivity index (χ2v) is 6.34. The summed E-state index contributed by atoms with van der Waals surface area (Å²) >= 11 is 1.38. The van der Waals surface area contributed by atoms with Crippen molar-refractivity contribution in [3.63, 3.8) is 0 Å². The van der Waals surface area contributed by atoms with Crippen molar-refractivity contribution in [1.29, 1.82) is 5.26 Å². The molecule has 0 atom stereocenters. The summed E-state index contributed by atoms with van der Waals surface area (Å²) in [6.45, 7) is 4.67. The highest BCUT2D eigenvalue weighted by Gasteiger charge is 2.17. The van der Waals surface area contributed by atoms with Gasteiger partial charge < -0.3 is 14.8 Å². The van der Waals surface area contributed by atoms with Crippen LogP contribution in [0.1, 0.15) is 17.4 Å². The molecule has 0 amide bonds. The van der Waals surface area contributed by atoms with Crippen molar-refractivity contribution >= 4 is 27.4 Å². The maximum absolute atomic E-state index is 9.31. The molecule has 0 aliphatic carbocycles. The van der Waals surface area contributed by atoms with Gasteiger partial charge in [0.2, 0.25) is 0 Å². The molecule has 0 spiro atoms. The first-order valence-corrected chi connectivity index (χ1v) is 8.62. The predicted octanol–water partition coefficient (Wildman–Crippen LogP) is 3.99. The molecule has 0 radical (unpaired) electrons. The van der Waals surface area contributed by atoms with Gasteiger partial charge in [-0.2, -0.15) is 5.26 Å². The summed E-state index contributed by atoms with van der Waals surface area (Å²) in [5.74, 6) is 2.59. The van der Waals surface area contributed by atoms with Crippen LogP contribution in [-0.4, -0.2) is 30.7 Å². The minimum absolute atomic E-state index is 0.579. The van der Waals surface area contributed by atoms with Crippen molar-refractivity contribution in [2.24, 2.45) is 0 Å². The molecule has 1 aromatic carbocycles. The maximum atomic E-state index is 9.31. The molecule has 0 aliphatic heterocycles. The zero-order valence-electron chi connectivity index (χ0n) is 14.5. The molecule has 0 bridgehead atoms. The zero-order chi connectivity index (χ0) is 18.0. The van der Waals surface area contributed by atoms with E-state index in [2.05, 4.69) is 21.4 Å². The Morgan fingerprint density at radius 3 is 2.60 bits per heavy atom. The van der Waals surface area contributed by atoms with E-state index in [0.717, 1.165) is 33.7 Å². The van der Waals surface area contributed by atoms with Crippen molar-refractivity contribution in [1.82, 2.24) is 9.97 Å². The average Bonchev–Trinajstić information content (AvgIpc) is 2.97. The molecule has 0 aliphatic rings. The van der Waals surface area contributed by atoms with E-state index in [1.807, 2.05) is 32.0 Å². The van der Waals surface area contributed by atoms with Crippen LogP contribution in [0.3, 0.4) is 0 Å². The molecule has 1 N–H and O–H groups in total. The standard InChI is InChI=1S/C18H18N4O2S/c1-5-20-17-15-10(2)14(9-19)25-18(15)22-16(21-17)11-6-7-12(23-3)13(8-11)24-4/h6-8H,5H2,1-4H3,(H,20,21,22). The number of nitrogens with zero attached hydrogens (tertiary/aromatic N) is 3. The van der Waals surface area contributed by atoms with Gasteiger partial charge in [0, 0.05) is 12.1 Å². The van der Waals surface area contributed by atoms with Gasteiger partial charge in [-0.25, -0.2) is 9.97 Å². The van der Waals surface area contributed by atoms with E-state index < -0.39 is 0 Å². The summed E-state index contributed by atoms with van der Waals surface area (Å²) < 4.78 is 10.6. The van der Waals surface area contributed by atoms with E-state index in [4.69, 9.17) is 9.47 Å². The van der Waals surface area contributed by atoms with E-state index >= 15 is 0 Å². The van der Waals surface area contributed by atoms with Crippen LogP contribution in [0, 0.1) is 18.3 Å². The van der Waals surface area contributed by atoms with Crippen molar-refractivity contribution in [3.8, 4) is 29.0 Å². The van der Waals surface area contributed by atoms with Crippen LogP contribution in [0.15, 0.2) is 18.2 Å². The number of aryl methyl sites for hydroxylation is 1. The van der Waals surface area contributed by atoms with Gasteiger partial charge in [0.1, 0.15) is 21.6 Å². The second kappa shape index (κ2) is 6.95. The minimum Gasteiger partial charge on any atom is -0.493 e. The number of nitriles is 1. The Kier molecular flexibility index (Phi) is 4.72. The molecule has 25 heavy (non-hydrogen) atoms. The van der Waals surface area contributed by atoms with Crippen molar-refractivity contribution in [2.45, 2.75) is 13.8 Å². The summed E-state index contributed by atoms with van der Waals surface area (Å²) in [4.78, 5) is 10.8. The Labute approximate surface area is 150 Å². The number of methoxy groups -OCH3 is 2. The largest absolute Gasteiger partial charge is 0.493 e. The quantitative estimate of drug-likeness (QED) is 0.746.